The number of carbonyl (C=O) groups excluding carboxylic acids is 1. The van der Waals surface area contributed by atoms with Crippen LogP contribution in [-0.2, 0) is 11.2 Å². The van der Waals surface area contributed by atoms with E-state index in [1.807, 2.05) is 30.4 Å². The summed E-state index contributed by atoms with van der Waals surface area (Å²) < 4.78 is 0. The first kappa shape index (κ1) is 22.6. The van der Waals surface area contributed by atoms with Crippen LogP contribution < -0.4 is 5.73 Å². The number of aliphatic hydroxyl groups is 3. The number of amides is 1. The predicted molar refractivity (Wildman–Crippen MR) is 110 cm³/mol. The number of aryl methyl sites for hydroxylation is 1. The van der Waals surface area contributed by atoms with Gasteiger partial charge in [-0.05, 0) is 68.8 Å². The van der Waals surface area contributed by atoms with E-state index in [2.05, 4.69) is 12.1 Å². The normalized spacial score (nSPS) is 26.0. The lowest BCUT2D eigenvalue weighted by Crippen LogP contribution is -2.23. The summed E-state index contributed by atoms with van der Waals surface area (Å²) in [5, 5.41) is 31.0. The Kier molecular flexibility index (Phi) is 9.68. The third-order valence-electron chi connectivity index (χ3n) is 5.83. The summed E-state index contributed by atoms with van der Waals surface area (Å²) >= 11 is 0. The molecule has 5 N–H and O–H groups in total. The Hall–Kier alpha value is -1.69. The first-order chi connectivity index (χ1) is 13.5. The topological polar surface area (TPSA) is 104 Å². The zero-order valence-electron chi connectivity index (χ0n) is 16.6. The minimum Gasteiger partial charge on any atom is -0.393 e. The minimum atomic E-state index is -0.510. The van der Waals surface area contributed by atoms with Gasteiger partial charge in [0.25, 0.3) is 0 Å². The van der Waals surface area contributed by atoms with Crippen LogP contribution in [0.1, 0.15) is 56.9 Å². The van der Waals surface area contributed by atoms with Gasteiger partial charge in [-0.1, -0.05) is 42.5 Å². The lowest BCUT2D eigenvalue weighted by atomic mass is 9.85. The van der Waals surface area contributed by atoms with Crippen molar-refractivity contribution in [3.8, 4) is 0 Å². The Labute approximate surface area is 168 Å². The van der Waals surface area contributed by atoms with E-state index in [1.54, 1.807) is 0 Å². The number of primary amides is 1. The van der Waals surface area contributed by atoms with Gasteiger partial charge in [0.15, 0.2) is 0 Å². The van der Waals surface area contributed by atoms with Crippen molar-refractivity contribution in [1.82, 2.24) is 0 Å². The van der Waals surface area contributed by atoms with E-state index in [1.165, 1.54) is 5.56 Å². The molecule has 0 bridgehead atoms. The highest BCUT2D eigenvalue weighted by Crippen LogP contribution is 2.38. The van der Waals surface area contributed by atoms with Crippen LogP contribution in [0, 0.1) is 11.8 Å². The van der Waals surface area contributed by atoms with Crippen molar-refractivity contribution >= 4 is 5.91 Å². The molecule has 0 aromatic heterocycles. The summed E-state index contributed by atoms with van der Waals surface area (Å²) in [6.07, 6.45) is 8.58. The molecule has 1 aromatic rings. The third kappa shape index (κ3) is 7.74. The van der Waals surface area contributed by atoms with E-state index in [-0.39, 0.29) is 17.7 Å². The SMILES string of the molecule is NC(=O)CCC/C=C\C[C@@H]1[C@@H](CCC(O)CCc2ccccc2)[C@H](O)C[C@@H]1O. The molecule has 1 fully saturated rings. The number of rotatable bonds is 12. The molecule has 2 rings (SSSR count). The summed E-state index contributed by atoms with van der Waals surface area (Å²) in [5.74, 6) is -0.256. The number of benzene rings is 1. The number of unbranched alkanes of at least 4 members (excludes halogenated alkanes) is 1. The highest BCUT2D eigenvalue weighted by atomic mass is 16.3. The lowest BCUT2D eigenvalue weighted by molar-refractivity contribution is -0.118. The first-order valence-corrected chi connectivity index (χ1v) is 10.5. The average molecular weight is 390 g/mol. The second-order valence-electron chi connectivity index (χ2n) is 8.02. The van der Waals surface area contributed by atoms with Gasteiger partial charge in [0.1, 0.15) is 0 Å². The van der Waals surface area contributed by atoms with Gasteiger partial charge in [0, 0.05) is 6.42 Å². The molecule has 0 spiro atoms. The number of allylic oxidation sites excluding steroid dienone is 2. The van der Waals surface area contributed by atoms with E-state index >= 15 is 0 Å². The zero-order valence-corrected chi connectivity index (χ0v) is 16.6. The lowest BCUT2D eigenvalue weighted by Gasteiger charge is -2.23. The molecular formula is C23H35NO4. The summed E-state index contributed by atoms with van der Waals surface area (Å²) in [6, 6.07) is 10.1. The van der Waals surface area contributed by atoms with Gasteiger partial charge in [-0.2, -0.15) is 0 Å². The highest BCUT2D eigenvalue weighted by Gasteiger charge is 2.40. The Morgan fingerprint density at radius 3 is 2.54 bits per heavy atom. The molecule has 5 atom stereocenters. The summed E-state index contributed by atoms with van der Waals surface area (Å²) in [7, 11) is 0. The number of hydrogen-bond donors (Lipinski definition) is 4. The molecule has 5 heteroatoms. The van der Waals surface area contributed by atoms with Crippen molar-refractivity contribution in [2.24, 2.45) is 17.6 Å². The molecule has 0 aliphatic heterocycles. The van der Waals surface area contributed by atoms with Gasteiger partial charge in [0.2, 0.25) is 5.91 Å². The molecule has 1 amide bonds. The summed E-state index contributed by atoms with van der Waals surface area (Å²) in [4.78, 5) is 10.7. The number of hydrogen-bond acceptors (Lipinski definition) is 4. The molecule has 1 unspecified atom stereocenters. The van der Waals surface area contributed by atoms with Crippen LogP contribution in [0.2, 0.25) is 0 Å². The fourth-order valence-electron chi connectivity index (χ4n) is 4.18. The summed E-state index contributed by atoms with van der Waals surface area (Å²) in [5.41, 5.74) is 6.35. The van der Waals surface area contributed by atoms with Crippen molar-refractivity contribution in [2.75, 3.05) is 0 Å². The molecule has 5 nitrogen and oxygen atoms in total. The molecule has 0 heterocycles. The Morgan fingerprint density at radius 1 is 1.11 bits per heavy atom. The van der Waals surface area contributed by atoms with Crippen LogP contribution in [0.5, 0.6) is 0 Å². The Bertz CT molecular complexity index is 604. The molecule has 1 aliphatic carbocycles. The van der Waals surface area contributed by atoms with Crippen LogP contribution in [-0.4, -0.2) is 39.5 Å². The number of nitrogens with two attached hydrogens (primary N) is 1. The van der Waals surface area contributed by atoms with Gasteiger partial charge in [-0.15, -0.1) is 0 Å². The van der Waals surface area contributed by atoms with Crippen molar-refractivity contribution in [1.29, 1.82) is 0 Å². The molecule has 156 valence electrons. The maximum Gasteiger partial charge on any atom is 0.217 e. The Balaban J connectivity index is 1.74. The second-order valence-corrected chi connectivity index (χ2v) is 8.02. The molecule has 1 aromatic carbocycles. The zero-order chi connectivity index (χ0) is 20.4. The average Bonchev–Trinajstić information content (AvgIpc) is 2.94. The fraction of sp³-hybridized carbons (Fsp3) is 0.609. The van der Waals surface area contributed by atoms with Crippen LogP contribution in [0.4, 0.5) is 0 Å². The third-order valence-corrected chi connectivity index (χ3v) is 5.83. The fourth-order valence-corrected chi connectivity index (χ4v) is 4.18. The first-order valence-electron chi connectivity index (χ1n) is 10.5. The largest absolute Gasteiger partial charge is 0.393 e. The standard InChI is InChI=1S/C23H35NO4/c24-23(28)11-7-2-1-6-10-19-20(22(27)16-21(19)26)15-14-18(25)13-12-17-8-4-3-5-9-17/h1,3-6,8-9,18-22,25-27H,2,7,10-16H2,(H2,24,28)/b6-1-/t18?,19-,20-,21+,22-/m1/s1. The molecular weight excluding hydrogens is 354 g/mol. The quantitative estimate of drug-likeness (QED) is 0.326. The monoisotopic (exact) mass is 389 g/mol. The number of carbonyl (C=O) groups is 1. The minimum absolute atomic E-state index is 0.0108. The molecule has 0 radical (unpaired) electrons. The Morgan fingerprint density at radius 2 is 1.82 bits per heavy atom. The van der Waals surface area contributed by atoms with Crippen molar-refractivity contribution in [3.05, 3.63) is 48.0 Å². The van der Waals surface area contributed by atoms with Gasteiger partial charge in [0.05, 0.1) is 18.3 Å². The molecule has 0 saturated heterocycles. The van der Waals surface area contributed by atoms with Crippen LogP contribution >= 0.6 is 0 Å². The molecule has 1 saturated carbocycles. The summed E-state index contributed by atoms with van der Waals surface area (Å²) in [6.45, 7) is 0. The van der Waals surface area contributed by atoms with Crippen LogP contribution in [0.15, 0.2) is 42.5 Å². The maximum atomic E-state index is 10.7. The van der Waals surface area contributed by atoms with E-state index in [0.717, 1.165) is 19.3 Å². The van der Waals surface area contributed by atoms with Crippen molar-refractivity contribution in [2.45, 2.75) is 76.1 Å². The molecule has 1 aliphatic rings. The second kappa shape index (κ2) is 12.0. The van der Waals surface area contributed by atoms with Gasteiger partial charge >= 0.3 is 0 Å². The van der Waals surface area contributed by atoms with Crippen molar-refractivity contribution < 1.29 is 20.1 Å². The van der Waals surface area contributed by atoms with Gasteiger partial charge in [-0.3, -0.25) is 4.79 Å². The predicted octanol–water partition coefficient (Wildman–Crippen LogP) is 2.72. The maximum absolute atomic E-state index is 10.7. The van der Waals surface area contributed by atoms with Crippen LogP contribution in [0.25, 0.3) is 0 Å². The van der Waals surface area contributed by atoms with Crippen molar-refractivity contribution in [3.63, 3.8) is 0 Å². The van der Waals surface area contributed by atoms with E-state index < -0.39 is 18.3 Å². The molecule has 28 heavy (non-hydrogen) atoms. The smallest absolute Gasteiger partial charge is 0.217 e. The van der Waals surface area contributed by atoms with Gasteiger partial charge in [-0.25, -0.2) is 0 Å². The van der Waals surface area contributed by atoms with Crippen LogP contribution in [0.3, 0.4) is 0 Å². The van der Waals surface area contributed by atoms with E-state index in [4.69, 9.17) is 5.73 Å². The highest BCUT2D eigenvalue weighted by molar-refractivity contribution is 5.73. The van der Waals surface area contributed by atoms with Gasteiger partial charge < -0.3 is 21.1 Å². The van der Waals surface area contributed by atoms with E-state index in [0.29, 0.717) is 38.5 Å². The van der Waals surface area contributed by atoms with E-state index in [9.17, 15) is 20.1 Å². The number of aliphatic hydroxyl groups excluding tert-OH is 3.